The molecule has 2 aromatic rings. The Kier molecular flexibility index (Phi) is 5.21. The van der Waals surface area contributed by atoms with Crippen molar-refractivity contribution in [1.29, 1.82) is 0 Å². The number of morpholine rings is 1. The number of methoxy groups -OCH3 is 1. The van der Waals surface area contributed by atoms with E-state index in [-0.39, 0.29) is 11.8 Å². The predicted octanol–water partition coefficient (Wildman–Crippen LogP) is 2.84. The molecule has 158 valence electrons. The van der Waals surface area contributed by atoms with Crippen molar-refractivity contribution in [1.82, 2.24) is 14.8 Å². The molecule has 3 heterocycles. The molecule has 0 N–H and O–H groups in total. The first-order valence-corrected chi connectivity index (χ1v) is 10.9. The fraction of sp³-hybridized carbons (Fsp3) is 0.500. The third kappa shape index (κ3) is 3.38. The summed E-state index contributed by atoms with van der Waals surface area (Å²) < 4.78 is 11.6. The number of nitrogens with zero attached hydrogens (tertiary/aromatic N) is 3. The summed E-state index contributed by atoms with van der Waals surface area (Å²) >= 11 is 0. The first-order chi connectivity index (χ1) is 14.7. The van der Waals surface area contributed by atoms with E-state index in [2.05, 4.69) is 16.0 Å². The number of benzene rings is 1. The number of carbonyl (C=O) groups excluding carboxylic acids is 1. The van der Waals surface area contributed by atoms with Gasteiger partial charge in [-0.15, -0.1) is 0 Å². The predicted molar refractivity (Wildman–Crippen MR) is 113 cm³/mol. The van der Waals surface area contributed by atoms with Crippen molar-refractivity contribution in [2.75, 3.05) is 33.4 Å². The average Bonchev–Trinajstić information content (AvgIpc) is 3.11. The Morgan fingerprint density at radius 2 is 2.07 bits per heavy atom. The Bertz CT molecular complexity index is 884. The van der Waals surface area contributed by atoms with Crippen LogP contribution in [0.1, 0.15) is 36.3 Å². The molecular weight excluding hydrogens is 378 g/mol. The van der Waals surface area contributed by atoms with E-state index in [9.17, 15) is 4.79 Å². The van der Waals surface area contributed by atoms with Crippen LogP contribution < -0.4 is 4.74 Å². The van der Waals surface area contributed by atoms with E-state index in [0.717, 1.165) is 23.4 Å². The molecule has 6 nitrogen and oxygen atoms in total. The maximum absolute atomic E-state index is 13.9. The van der Waals surface area contributed by atoms with Crippen LogP contribution in [-0.2, 0) is 16.1 Å². The summed E-state index contributed by atoms with van der Waals surface area (Å²) in [6.45, 7) is 3.32. The monoisotopic (exact) mass is 407 g/mol. The topological polar surface area (TPSA) is 54.9 Å². The molecule has 0 bridgehead atoms. The molecule has 1 spiro atoms. The van der Waals surface area contributed by atoms with Gasteiger partial charge in [-0.3, -0.25) is 14.7 Å². The van der Waals surface area contributed by atoms with Crippen molar-refractivity contribution in [2.24, 2.45) is 0 Å². The van der Waals surface area contributed by atoms with Crippen molar-refractivity contribution in [3.05, 3.63) is 59.9 Å². The second-order valence-electron chi connectivity index (χ2n) is 8.67. The molecule has 30 heavy (non-hydrogen) atoms. The molecule has 2 aliphatic heterocycles. The molecule has 1 aromatic heterocycles. The van der Waals surface area contributed by atoms with E-state index in [1.165, 1.54) is 19.3 Å². The summed E-state index contributed by atoms with van der Waals surface area (Å²) in [6, 6.07) is 12.6. The van der Waals surface area contributed by atoms with Gasteiger partial charge in [-0.1, -0.05) is 24.6 Å². The second kappa shape index (κ2) is 8.00. The number of pyridine rings is 1. The Morgan fingerprint density at radius 1 is 1.23 bits per heavy atom. The van der Waals surface area contributed by atoms with Crippen LogP contribution in [0.2, 0.25) is 0 Å². The zero-order valence-electron chi connectivity index (χ0n) is 17.5. The first kappa shape index (κ1) is 19.5. The SMILES string of the molecule is COc1ccc(CN2CCO[C@@]3(CN(C4CCC4)C[C@@H]3c3cccnc3)C2=O)cc1. The van der Waals surface area contributed by atoms with E-state index in [0.29, 0.717) is 32.3 Å². The summed E-state index contributed by atoms with van der Waals surface area (Å²) in [5.74, 6) is 0.949. The number of hydrogen-bond donors (Lipinski definition) is 0. The number of carbonyl (C=O) groups is 1. The van der Waals surface area contributed by atoms with E-state index >= 15 is 0 Å². The van der Waals surface area contributed by atoms with Gasteiger partial charge in [0.15, 0.2) is 5.60 Å². The zero-order valence-corrected chi connectivity index (χ0v) is 17.5. The molecule has 1 amide bonds. The summed E-state index contributed by atoms with van der Waals surface area (Å²) in [7, 11) is 1.66. The van der Waals surface area contributed by atoms with Crippen LogP contribution >= 0.6 is 0 Å². The molecule has 0 radical (unpaired) electrons. The smallest absolute Gasteiger partial charge is 0.257 e. The quantitative estimate of drug-likeness (QED) is 0.763. The zero-order chi connectivity index (χ0) is 20.6. The Morgan fingerprint density at radius 3 is 2.73 bits per heavy atom. The number of ether oxygens (including phenoxy) is 2. The lowest BCUT2D eigenvalue weighted by atomic mass is 9.83. The highest BCUT2D eigenvalue weighted by atomic mass is 16.5. The first-order valence-electron chi connectivity index (χ1n) is 10.9. The van der Waals surface area contributed by atoms with Crippen molar-refractivity contribution in [2.45, 2.75) is 43.4 Å². The van der Waals surface area contributed by atoms with E-state index in [4.69, 9.17) is 9.47 Å². The van der Waals surface area contributed by atoms with Crippen LogP contribution in [0.3, 0.4) is 0 Å². The van der Waals surface area contributed by atoms with E-state index in [1.54, 1.807) is 13.3 Å². The van der Waals surface area contributed by atoms with E-state index < -0.39 is 5.60 Å². The fourth-order valence-corrected chi connectivity index (χ4v) is 5.08. The average molecular weight is 408 g/mol. The minimum atomic E-state index is -0.816. The van der Waals surface area contributed by atoms with Crippen molar-refractivity contribution >= 4 is 5.91 Å². The highest BCUT2D eigenvalue weighted by Gasteiger charge is 2.58. The van der Waals surface area contributed by atoms with Gasteiger partial charge in [0.05, 0.1) is 13.7 Å². The van der Waals surface area contributed by atoms with E-state index in [1.807, 2.05) is 41.4 Å². The maximum Gasteiger partial charge on any atom is 0.257 e. The maximum atomic E-state index is 13.9. The van der Waals surface area contributed by atoms with Crippen LogP contribution in [0.25, 0.3) is 0 Å². The number of aromatic nitrogens is 1. The van der Waals surface area contributed by atoms with Gasteiger partial charge in [0, 0.05) is 50.5 Å². The summed E-state index contributed by atoms with van der Waals surface area (Å²) in [5.41, 5.74) is 1.38. The molecule has 2 atom stereocenters. The largest absolute Gasteiger partial charge is 0.497 e. The highest BCUT2D eigenvalue weighted by molar-refractivity contribution is 5.88. The molecule has 6 heteroatoms. The standard InChI is InChI=1S/C24H29N3O3/c1-29-21-9-7-18(8-10-21)15-26-12-13-30-24(23(26)28)17-27(20-5-2-6-20)16-22(24)19-4-3-11-25-14-19/h3-4,7-11,14,20,22H,2,5-6,12-13,15-17H2,1H3/t22-,24-/m1/s1. The minimum Gasteiger partial charge on any atom is -0.497 e. The molecule has 1 aliphatic carbocycles. The van der Waals surface area contributed by atoms with Crippen molar-refractivity contribution in [3.63, 3.8) is 0 Å². The van der Waals surface area contributed by atoms with Crippen LogP contribution in [0.5, 0.6) is 5.75 Å². The van der Waals surface area contributed by atoms with Crippen LogP contribution in [0.4, 0.5) is 0 Å². The molecular formula is C24H29N3O3. The summed E-state index contributed by atoms with van der Waals surface area (Å²) in [5, 5.41) is 0. The number of hydrogen-bond acceptors (Lipinski definition) is 5. The summed E-state index contributed by atoms with van der Waals surface area (Å²) in [6.07, 6.45) is 7.41. The molecule has 3 aliphatic rings. The molecule has 3 fully saturated rings. The van der Waals surface area contributed by atoms with Gasteiger partial charge in [-0.25, -0.2) is 0 Å². The third-order valence-electron chi connectivity index (χ3n) is 7.00. The third-order valence-corrected chi connectivity index (χ3v) is 7.00. The number of rotatable bonds is 5. The molecule has 1 aromatic carbocycles. The molecule has 2 saturated heterocycles. The number of amides is 1. The van der Waals surface area contributed by atoms with Crippen LogP contribution in [0.15, 0.2) is 48.8 Å². The minimum absolute atomic E-state index is 0.0120. The fourth-order valence-electron chi connectivity index (χ4n) is 5.08. The Hall–Kier alpha value is -2.44. The van der Waals surface area contributed by atoms with Gasteiger partial charge in [-0.2, -0.15) is 0 Å². The van der Waals surface area contributed by atoms with Crippen molar-refractivity contribution in [3.8, 4) is 5.75 Å². The summed E-state index contributed by atoms with van der Waals surface area (Å²) in [4.78, 5) is 22.6. The van der Waals surface area contributed by atoms with Gasteiger partial charge in [-0.05, 0) is 42.2 Å². The molecule has 1 saturated carbocycles. The Balaban J connectivity index is 1.42. The van der Waals surface area contributed by atoms with Gasteiger partial charge in [0.2, 0.25) is 0 Å². The van der Waals surface area contributed by atoms with Gasteiger partial charge in [0.25, 0.3) is 5.91 Å². The van der Waals surface area contributed by atoms with Gasteiger partial charge >= 0.3 is 0 Å². The van der Waals surface area contributed by atoms with Crippen LogP contribution in [-0.4, -0.2) is 65.7 Å². The van der Waals surface area contributed by atoms with Gasteiger partial charge in [0.1, 0.15) is 5.75 Å². The Labute approximate surface area is 177 Å². The molecule has 0 unspecified atom stereocenters. The molecule has 5 rings (SSSR count). The van der Waals surface area contributed by atoms with Crippen LogP contribution in [0, 0.1) is 0 Å². The normalized spacial score (nSPS) is 27.4. The second-order valence-corrected chi connectivity index (χ2v) is 8.67. The van der Waals surface area contributed by atoms with Gasteiger partial charge < -0.3 is 14.4 Å². The number of likely N-dealkylation sites (tertiary alicyclic amines) is 1. The lowest BCUT2D eigenvalue weighted by Gasteiger charge is -2.43. The lowest BCUT2D eigenvalue weighted by molar-refractivity contribution is -0.173. The lowest BCUT2D eigenvalue weighted by Crippen LogP contribution is -2.60. The van der Waals surface area contributed by atoms with Crippen molar-refractivity contribution < 1.29 is 14.3 Å². The highest BCUT2D eigenvalue weighted by Crippen LogP contribution is 2.44.